The van der Waals surface area contributed by atoms with Crippen molar-refractivity contribution in [2.24, 2.45) is 0 Å². The van der Waals surface area contributed by atoms with Crippen molar-refractivity contribution in [1.29, 1.82) is 0 Å². The molecule has 0 fully saturated rings. The molecule has 0 aliphatic carbocycles. The SMILES string of the molecule is c1ccc(-c2ccc(-c3nc(-c4ccc(-c5ccc(-c6ccc(-c7ccc(-c8nc(-c9ccc(-c%10cccnc%10)cc9)cc(-c9ccc(-c%10ccc%11ccc%12cccc%13ccc%10c%11c%12%13)cc9)n8)cc7)cc6)nc5)cc4)cc(-c4ccc(-c5ccc6ccc7cccc8ccc5c6c78)cc4)n3)cc2)cc1. The first-order valence-corrected chi connectivity index (χ1v) is 35.2. The van der Waals surface area contributed by atoms with Gasteiger partial charge in [-0.25, -0.2) is 19.9 Å². The normalized spacial score (nSPS) is 11.7. The summed E-state index contributed by atoms with van der Waals surface area (Å²) in [6.07, 6.45) is 5.66. The van der Waals surface area contributed by atoms with E-state index in [1.165, 1.54) is 81.3 Å². The van der Waals surface area contributed by atoms with Crippen molar-refractivity contribution in [2.75, 3.05) is 0 Å². The van der Waals surface area contributed by atoms with Crippen LogP contribution in [0.2, 0.25) is 0 Å². The molecule has 0 atom stereocenters. The van der Waals surface area contributed by atoms with E-state index in [0.29, 0.717) is 11.6 Å². The van der Waals surface area contributed by atoms with Gasteiger partial charge < -0.3 is 0 Å². The number of nitrogens with zero attached hydrogens (tertiary/aromatic N) is 6. The molecule has 20 rings (SSSR count). The lowest BCUT2D eigenvalue weighted by Crippen LogP contribution is -1.96. The second-order valence-corrected chi connectivity index (χ2v) is 26.9. The Morgan fingerprint density at radius 1 is 0.173 bits per heavy atom. The Kier molecular flexibility index (Phi) is 14.5. The third-order valence-electron chi connectivity index (χ3n) is 20.9. The summed E-state index contributed by atoms with van der Waals surface area (Å²) >= 11 is 0. The van der Waals surface area contributed by atoms with Crippen LogP contribution in [0.15, 0.2) is 364 Å². The van der Waals surface area contributed by atoms with Gasteiger partial charge in [-0.3, -0.25) is 9.97 Å². The quantitative estimate of drug-likeness (QED) is 0.107. The molecule has 6 heteroatoms. The highest BCUT2D eigenvalue weighted by molar-refractivity contribution is 6.27. The maximum absolute atomic E-state index is 5.29. The van der Waals surface area contributed by atoms with Crippen LogP contribution >= 0.6 is 0 Å². The Labute approximate surface area is 601 Å². The summed E-state index contributed by atoms with van der Waals surface area (Å²) in [5, 5.41) is 15.3. The van der Waals surface area contributed by atoms with E-state index in [0.717, 1.165) is 117 Å². The highest BCUT2D eigenvalue weighted by Crippen LogP contribution is 2.43. The third-order valence-corrected chi connectivity index (χ3v) is 20.9. The van der Waals surface area contributed by atoms with Crippen molar-refractivity contribution in [3.05, 3.63) is 364 Å². The van der Waals surface area contributed by atoms with Crippen LogP contribution in [0.1, 0.15) is 0 Å². The Morgan fingerprint density at radius 3 is 0.846 bits per heavy atom. The van der Waals surface area contributed by atoms with E-state index in [4.69, 9.17) is 24.9 Å². The zero-order valence-electron chi connectivity index (χ0n) is 56.3. The van der Waals surface area contributed by atoms with Gasteiger partial charge in [0.05, 0.1) is 28.5 Å². The Hall–Kier alpha value is -13.9. The molecule has 482 valence electrons. The second kappa shape index (κ2) is 25.0. The lowest BCUT2D eigenvalue weighted by molar-refractivity contribution is 1.18. The number of aromatic nitrogens is 6. The van der Waals surface area contributed by atoms with E-state index in [2.05, 4.69) is 339 Å². The van der Waals surface area contributed by atoms with Gasteiger partial charge in [-0.2, -0.15) is 0 Å². The summed E-state index contributed by atoms with van der Waals surface area (Å²) in [6, 6.07) is 124. The van der Waals surface area contributed by atoms with Gasteiger partial charge in [0.25, 0.3) is 0 Å². The van der Waals surface area contributed by atoms with Gasteiger partial charge in [0.15, 0.2) is 11.6 Å². The van der Waals surface area contributed by atoms with Gasteiger partial charge in [-0.1, -0.05) is 322 Å². The molecule has 0 radical (unpaired) electrons. The summed E-state index contributed by atoms with van der Waals surface area (Å²) in [5.41, 5.74) is 24.7. The van der Waals surface area contributed by atoms with E-state index in [1.54, 1.807) is 6.20 Å². The van der Waals surface area contributed by atoms with Crippen molar-refractivity contribution in [2.45, 2.75) is 0 Å². The molecule has 4 aromatic heterocycles. The average Bonchev–Trinajstić information content (AvgIpc) is 0.739. The molecule has 0 aliphatic heterocycles. The topological polar surface area (TPSA) is 77.3 Å². The summed E-state index contributed by atoms with van der Waals surface area (Å²) in [5.74, 6) is 1.32. The molecular formula is C98H60N6. The lowest BCUT2D eigenvalue weighted by atomic mass is 9.89. The molecule has 0 spiro atoms. The minimum atomic E-state index is 0.655. The molecule has 4 heterocycles. The smallest absolute Gasteiger partial charge is 0.160 e. The van der Waals surface area contributed by atoms with Gasteiger partial charge in [-0.05, 0) is 150 Å². The van der Waals surface area contributed by atoms with Crippen LogP contribution in [-0.2, 0) is 0 Å². The molecule has 0 aliphatic rings. The molecule has 0 bridgehead atoms. The highest BCUT2D eigenvalue weighted by atomic mass is 14.9. The van der Waals surface area contributed by atoms with Crippen molar-refractivity contribution in [3.8, 4) is 146 Å². The first kappa shape index (κ1) is 60.1. The zero-order chi connectivity index (χ0) is 68.6. The molecule has 104 heavy (non-hydrogen) atoms. The maximum atomic E-state index is 5.29. The molecule has 0 N–H and O–H groups in total. The van der Waals surface area contributed by atoms with Crippen molar-refractivity contribution < 1.29 is 0 Å². The van der Waals surface area contributed by atoms with Crippen LogP contribution in [0.25, 0.3) is 210 Å². The third kappa shape index (κ3) is 10.8. The Bertz CT molecular complexity index is 6170. The zero-order valence-corrected chi connectivity index (χ0v) is 56.3. The molecule has 0 saturated carbocycles. The monoisotopic (exact) mass is 1320 g/mol. The van der Waals surface area contributed by atoms with Crippen LogP contribution in [0, 0.1) is 0 Å². The molecule has 20 aromatic rings. The predicted molar refractivity (Wildman–Crippen MR) is 431 cm³/mol. The fraction of sp³-hybridized carbons (Fsp3) is 0. The molecule has 0 amide bonds. The van der Waals surface area contributed by atoms with Gasteiger partial charge in [-0.15, -0.1) is 0 Å². The molecule has 16 aromatic carbocycles. The Morgan fingerprint density at radius 2 is 0.471 bits per heavy atom. The minimum Gasteiger partial charge on any atom is -0.264 e. The number of pyridine rings is 2. The molecule has 6 nitrogen and oxygen atoms in total. The van der Waals surface area contributed by atoms with Crippen LogP contribution < -0.4 is 0 Å². The molecular weight excluding hydrogens is 1260 g/mol. The second-order valence-electron chi connectivity index (χ2n) is 26.9. The van der Waals surface area contributed by atoms with Crippen LogP contribution in [0.3, 0.4) is 0 Å². The molecule has 0 saturated heterocycles. The summed E-state index contributed by atoms with van der Waals surface area (Å²) in [4.78, 5) is 30.4. The fourth-order valence-electron chi connectivity index (χ4n) is 15.4. The Balaban J connectivity index is 0.559. The minimum absolute atomic E-state index is 0.655. The van der Waals surface area contributed by atoms with Crippen molar-refractivity contribution >= 4 is 64.6 Å². The van der Waals surface area contributed by atoms with E-state index in [-0.39, 0.29) is 0 Å². The summed E-state index contributed by atoms with van der Waals surface area (Å²) in [7, 11) is 0. The van der Waals surface area contributed by atoms with E-state index < -0.39 is 0 Å². The van der Waals surface area contributed by atoms with E-state index in [9.17, 15) is 0 Å². The maximum Gasteiger partial charge on any atom is 0.160 e. The number of benzene rings is 16. The van der Waals surface area contributed by atoms with Crippen molar-refractivity contribution in [3.63, 3.8) is 0 Å². The largest absolute Gasteiger partial charge is 0.264 e. The summed E-state index contributed by atoms with van der Waals surface area (Å²) in [6.45, 7) is 0. The van der Waals surface area contributed by atoms with Crippen molar-refractivity contribution in [1.82, 2.24) is 29.9 Å². The van der Waals surface area contributed by atoms with Gasteiger partial charge in [0.1, 0.15) is 0 Å². The number of rotatable bonds is 13. The van der Waals surface area contributed by atoms with Crippen LogP contribution in [-0.4, -0.2) is 29.9 Å². The van der Waals surface area contributed by atoms with E-state index in [1.807, 2.05) is 24.5 Å². The van der Waals surface area contributed by atoms with Gasteiger partial charge in [0, 0.05) is 63.1 Å². The number of hydrogen-bond acceptors (Lipinski definition) is 6. The number of hydrogen-bond donors (Lipinski definition) is 0. The first-order chi connectivity index (χ1) is 51.5. The fourth-order valence-corrected chi connectivity index (χ4v) is 15.4. The lowest BCUT2D eigenvalue weighted by Gasteiger charge is -2.14. The van der Waals surface area contributed by atoms with E-state index >= 15 is 0 Å². The predicted octanol–water partition coefficient (Wildman–Crippen LogP) is 25.5. The van der Waals surface area contributed by atoms with Crippen LogP contribution in [0.5, 0.6) is 0 Å². The van der Waals surface area contributed by atoms with Gasteiger partial charge in [0.2, 0.25) is 0 Å². The molecule has 0 unspecified atom stereocenters. The van der Waals surface area contributed by atoms with Gasteiger partial charge >= 0.3 is 0 Å². The standard InChI is InChI=1S/C98H60N6/c1-2-7-61(8-3-1)62-20-42-80(43-21-62)97-102-90(58-92(103-97)73-36-26-68(27-37-73)85-52-47-79-41-39-75-10-5-12-77-49-54-87(85)96(79)94(75)77)71-32-18-66(19-33-71)83-50-55-88(100-60-83)69-28-14-63(15-29-69)64-22-44-81(45-23-64)98-101-89(70-30-16-65(17-31-70)82-13-6-56-99-59-82)57-91(104-98)72-34-24-67(25-35-72)84-51-46-78-40-38-74-9-4-11-76-48-53-86(84)95(78)93(74)76/h1-60H. The first-order valence-electron chi connectivity index (χ1n) is 35.2. The summed E-state index contributed by atoms with van der Waals surface area (Å²) < 4.78 is 0. The highest BCUT2D eigenvalue weighted by Gasteiger charge is 2.19. The van der Waals surface area contributed by atoms with Crippen LogP contribution in [0.4, 0.5) is 0 Å². The average molecular weight is 1320 g/mol.